The van der Waals surface area contributed by atoms with E-state index < -0.39 is 17.0 Å². The van der Waals surface area contributed by atoms with E-state index in [1.807, 2.05) is 37.3 Å². The van der Waals surface area contributed by atoms with E-state index in [0.717, 1.165) is 12.0 Å². The van der Waals surface area contributed by atoms with Gasteiger partial charge in [0, 0.05) is 12.5 Å². The van der Waals surface area contributed by atoms with Crippen LogP contribution in [0, 0.1) is 6.92 Å². The van der Waals surface area contributed by atoms with Crippen molar-refractivity contribution in [1.29, 1.82) is 0 Å². The van der Waals surface area contributed by atoms with Gasteiger partial charge in [-0.3, -0.25) is 9.59 Å². The molecule has 1 aromatic carbocycles. The quantitative estimate of drug-likeness (QED) is 0.207. The van der Waals surface area contributed by atoms with Gasteiger partial charge in [-0.15, -0.1) is 0 Å². The lowest BCUT2D eigenvalue weighted by molar-refractivity contribution is -0.143. The minimum absolute atomic E-state index is 0.108. The first-order valence-corrected chi connectivity index (χ1v) is 11.3. The third kappa shape index (κ3) is 11.5. The first-order chi connectivity index (χ1) is 14.0. The number of hydrogen-bond donors (Lipinski definition) is 1. The average molecular weight is 420 g/mol. The van der Waals surface area contributed by atoms with Crippen molar-refractivity contribution in [2.45, 2.75) is 69.7 Å². The summed E-state index contributed by atoms with van der Waals surface area (Å²) in [7, 11) is -0.178. The van der Waals surface area contributed by atoms with Gasteiger partial charge in [-0.25, -0.2) is 8.93 Å². The van der Waals surface area contributed by atoms with Crippen molar-refractivity contribution in [3.63, 3.8) is 0 Å². The fraction of sp³-hybridized carbons (Fsp3) is 0.478. The molecule has 5 nitrogen and oxygen atoms in total. The van der Waals surface area contributed by atoms with E-state index in [2.05, 4.69) is 22.5 Å². The Morgan fingerprint density at radius 1 is 1.14 bits per heavy atom. The van der Waals surface area contributed by atoms with Crippen LogP contribution in [0.15, 0.2) is 53.5 Å². The number of unbranched alkanes of at least 4 members (excludes halogenated alkanes) is 3. The van der Waals surface area contributed by atoms with E-state index in [-0.39, 0.29) is 24.7 Å². The second-order valence-corrected chi connectivity index (χ2v) is 8.22. The molecule has 0 saturated carbocycles. The van der Waals surface area contributed by atoms with E-state index >= 15 is 0 Å². The topological polar surface area (TPSA) is 72.5 Å². The molecule has 0 aliphatic carbocycles. The maximum atomic E-state index is 12.6. The number of aryl methyl sites for hydroxylation is 1. The first-order valence-electron chi connectivity index (χ1n) is 10.1. The molecule has 1 rings (SSSR count). The van der Waals surface area contributed by atoms with Crippen molar-refractivity contribution in [2.24, 2.45) is 0 Å². The molecule has 29 heavy (non-hydrogen) atoms. The largest absolute Gasteiger partial charge is 0.469 e. The number of ether oxygens (including phenoxy) is 1. The zero-order valence-corrected chi connectivity index (χ0v) is 18.5. The third-order valence-electron chi connectivity index (χ3n) is 4.33. The molecule has 160 valence electrons. The zero-order chi connectivity index (χ0) is 21.5. The summed E-state index contributed by atoms with van der Waals surface area (Å²) >= 11 is 0. The molecular weight excluding hydrogens is 386 g/mol. The normalized spacial score (nSPS) is 13.6. The van der Waals surface area contributed by atoms with E-state index in [9.17, 15) is 13.8 Å². The van der Waals surface area contributed by atoms with Crippen LogP contribution in [0.2, 0.25) is 0 Å². The van der Waals surface area contributed by atoms with Crippen LogP contribution in [-0.4, -0.2) is 29.1 Å². The Balaban J connectivity index is 2.67. The van der Waals surface area contributed by atoms with Gasteiger partial charge in [0.1, 0.15) is 23.2 Å². The molecule has 0 saturated heterocycles. The fourth-order valence-electron chi connectivity index (χ4n) is 2.64. The summed E-state index contributed by atoms with van der Waals surface area (Å²) in [5.41, 5.74) is 1.09. The second kappa shape index (κ2) is 14.9. The Morgan fingerprint density at radius 3 is 2.48 bits per heavy atom. The highest BCUT2D eigenvalue weighted by atomic mass is 32.2. The number of benzene rings is 1. The Labute approximate surface area is 177 Å². The Kier molecular flexibility index (Phi) is 12.8. The summed E-state index contributed by atoms with van der Waals surface area (Å²) in [6.45, 7) is 4.15. The number of esters is 1. The lowest BCUT2D eigenvalue weighted by atomic mass is 10.1. The minimum atomic E-state index is -1.44. The molecule has 0 spiro atoms. The summed E-state index contributed by atoms with van der Waals surface area (Å²) in [6.07, 6.45) is 13.1. The van der Waals surface area contributed by atoms with Gasteiger partial charge in [-0.05, 0) is 38.3 Å². The van der Waals surface area contributed by atoms with Crippen LogP contribution < -0.4 is 4.72 Å². The molecule has 0 heterocycles. The maximum absolute atomic E-state index is 12.6. The molecule has 0 aliphatic rings. The van der Waals surface area contributed by atoms with Gasteiger partial charge in [0.2, 0.25) is 0 Å². The lowest BCUT2D eigenvalue weighted by Crippen LogP contribution is -2.33. The lowest BCUT2D eigenvalue weighted by Gasteiger charge is -2.16. The van der Waals surface area contributed by atoms with E-state index in [1.165, 1.54) is 26.4 Å². The molecular formula is C23H33NO4S. The predicted molar refractivity (Wildman–Crippen MR) is 118 cm³/mol. The number of ketones is 1. The standard InChI is InChI=1S/C23H33NO4S/c1-4-5-6-7-8-9-10-11-12-20(17-21(25)18-23(26)28-3)24-29(27)22-15-13-19(2)14-16-22/h8-11,13-16,20,24H,4-7,12,17-18H2,1-3H3/b9-8+,11-10+/t20-,29?/m0/s1. The molecule has 1 unspecified atom stereocenters. The van der Waals surface area contributed by atoms with Gasteiger partial charge < -0.3 is 4.74 Å². The Bertz CT molecular complexity index is 710. The van der Waals surface area contributed by atoms with E-state index in [4.69, 9.17) is 0 Å². The SMILES string of the molecule is CCCCC/C=C/C=C/C[C@@H](CC(=O)CC(=O)OC)NS(=O)c1ccc(C)cc1. The van der Waals surface area contributed by atoms with Crippen LogP contribution in [-0.2, 0) is 25.3 Å². The Morgan fingerprint density at radius 2 is 1.83 bits per heavy atom. The van der Waals surface area contributed by atoms with Gasteiger partial charge in [0.25, 0.3) is 0 Å². The number of allylic oxidation sites excluding steroid dienone is 3. The van der Waals surface area contributed by atoms with Crippen LogP contribution in [0.25, 0.3) is 0 Å². The maximum Gasteiger partial charge on any atom is 0.313 e. The van der Waals surface area contributed by atoms with Gasteiger partial charge in [0.15, 0.2) is 0 Å². The average Bonchev–Trinajstić information content (AvgIpc) is 2.70. The molecule has 1 aromatic rings. The van der Waals surface area contributed by atoms with Gasteiger partial charge >= 0.3 is 5.97 Å². The second-order valence-electron chi connectivity index (χ2n) is 6.98. The number of Topliss-reactive ketones (excluding diaryl/α,β-unsaturated/α-hetero) is 1. The van der Waals surface area contributed by atoms with Crippen LogP contribution in [0.4, 0.5) is 0 Å². The van der Waals surface area contributed by atoms with Crippen LogP contribution in [0.3, 0.4) is 0 Å². The number of rotatable bonds is 14. The highest BCUT2D eigenvalue weighted by molar-refractivity contribution is 7.83. The Hall–Kier alpha value is -2.05. The first kappa shape index (κ1) is 25.0. The molecule has 0 aromatic heterocycles. The van der Waals surface area contributed by atoms with Gasteiger partial charge in [0.05, 0.1) is 12.0 Å². The number of nitrogens with one attached hydrogen (secondary N) is 1. The fourth-order valence-corrected chi connectivity index (χ4v) is 3.64. The zero-order valence-electron chi connectivity index (χ0n) is 17.7. The highest BCUT2D eigenvalue weighted by Gasteiger charge is 2.18. The molecule has 2 atom stereocenters. The van der Waals surface area contributed by atoms with Crippen molar-refractivity contribution in [2.75, 3.05) is 7.11 Å². The van der Waals surface area contributed by atoms with Crippen LogP contribution in [0.1, 0.15) is 57.4 Å². The van der Waals surface area contributed by atoms with Crippen molar-refractivity contribution >= 4 is 22.7 Å². The smallest absolute Gasteiger partial charge is 0.313 e. The predicted octanol–water partition coefficient (Wildman–Crippen LogP) is 4.58. The van der Waals surface area contributed by atoms with Crippen molar-refractivity contribution in [1.82, 2.24) is 4.72 Å². The van der Waals surface area contributed by atoms with E-state index in [0.29, 0.717) is 11.3 Å². The van der Waals surface area contributed by atoms with Crippen LogP contribution in [0.5, 0.6) is 0 Å². The summed E-state index contributed by atoms with van der Waals surface area (Å²) in [6, 6.07) is 7.07. The summed E-state index contributed by atoms with van der Waals surface area (Å²) in [5.74, 6) is -0.794. The minimum Gasteiger partial charge on any atom is -0.469 e. The molecule has 0 fully saturated rings. The summed E-state index contributed by atoms with van der Waals surface area (Å²) in [5, 5.41) is 0. The molecule has 1 N–H and O–H groups in total. The number of carbonyl (C=O) groups is 2. The number of hydrogen-bond acceptors (Lipinski definition) is 4. The monoisotopic (exact) mass is 419 g/mol. The number of methoxy groups -OCH3 is 1. The molecule has 0 bridgehead atoms. The third-order valence-corrected chi connectivity index (χ3v) is 5.58. The molecule has 0 radical (unpaired) electrons. The van der Waals surface area contributed by atoms with Gasteiger partial charge in [-0.2, -0.15) is 0 Å². The number of carbonyl (C=O) groups excluding carboxylic acids is 2. The van der Waals surface area contributed by atoms with Crippen molar-refractivity contribution in [3.8, 4) is 0 Å². The summed E-state index contributed by atoms with van der Waals surface area (Å²) in [4.78, 5) is 24.1. The molecule has 6 heteroatoms. The van der Waals surface area contributed by atoms with Crippen molar-refractivity contribution < 1.29 is 18.5 Å². The van der Waals surface area contributed by atoms with E-state index in [1.54, 1.807) is 12.1 Å². The summed E-state index contributed by atoms with van der Waals surface area (Å²) < 4.78 is 20.2. The van der Waals surface area contributed by atoms with Crippen LogP contribution >= 0.6 is 0 Å². The highest BCUT2D eigenvalue weighted by Crippen LogP contribution is 2.11. The van der Waals surface area contributed by atoms with Crippen molar-refractivity contribution in [3.05, 3.63) is 54.1 Å². The molecule has 0 amide bonds. The molecule has 0 aliphatic heterocycles. The van der Waals surface area contributed by atoms with Gasteiger partial charge in [-0.1, -0.05) is 61.8 Å².